The standard InChI is InChI=1S/C19H16N8O3/c20-11-1-3-12(4-2-11)27-8-13(16(26-27)17(22)28)24-18(29)14-9-30-19(25-14)10-5-6-23-15(21)7-10/h1-9H,20H2,(H2,21,23)(H2,22,28)(H,24,29). The Kier molecular flexibility index (Phi) is 4.60. The number of carbonyl (C=O) groups excluding carboxylic acids is 2. The van der Waals surface area contributed by atoms with Crippen LogP contribution in [0.2, 0.25) is 0 Å². The molecule has 0 bridgehead atoms. The fourth-order valence-corrected chi connectivity index (χ4v) is 2.69. The molecule has 0 aliphatic rings. The molecule has 0 saturated heterocycles. The Morgan fingerprint density at radius 2 is 1.87 bits per heavy atom. The quantitative estimate of drug-likeness (QED) is 0.360. The van der Waals surface area contributed by atoms with Gasteiger partial charge in [0, 0.05) is 17.4 Å². The van der Waals surface area contributed by atoms with Crippen LogP contribution in [0.4, 0.5) is 17.2 Å². The predicted octanol–water partition coefficient (Wildman–Crippen LogP) is 1.44. The summed E-state index contributed by atoms with van der Waals surface area (Å²) in [5.74, 6) is -0.918. The number of rotatable bonds is 5. The van der Waals surface area contributed by atoms with E-state index in [0.29, 0.717) is 16.9 Å². The average Bonchev–Trinajstić information content (AvgIpc) is 3.36. The summed E-state index contributed by atoms with van der Waals surface area (Å²) in [7, 11) is 0. The number of primary amides is 1. The molecule has 0 aliphatic heterocycles. The Balaban J connectivity index is 1.60. The van der Waals surface area contributed by atoms with E-state index in [1.165, 1.54) is 23.3 Å². The first-order valence-corrected chi connectivity index (χ1v) is 8.65. The van der Waals surface area contributed by atoms with Gasteiger partial charge >= 0.3 is 0 Å². The van der Waals surface area contributed by atoms with Crippen molar-refractivity contribution in [3.8, 4) is 17.1 Å². The molecule has 0 radical (unpaired) electrons. The number of nitrogens with two attached hydrogens (primary N) is 3. The van der Waals surface area contributed by atoms with Gasteiger partial charge in [0.2, 0.25) is 5.89 Å². The molecule has 0 fully saturated rings. The summed E-state index contributed by atoms with van der Waals surface area (Å²) >= 11 is 0. The number of oxazole rings is 1. The monoisotopic (exact) mass is 404 g/mol. The maximum Gasteiger partial charge on any atom is 0.277 e. The van der Waals surface area contributed by atoms with Crippen molar-refractivity contribution in [3.05, 3.63) is 66.4 Å². The van der Waals surface area contributed by atoms with Crippen LogP contribution in [-0.4, -0.2) is 31.6 Å². The van der Waals surface area contributed by atoms with Crippen molar-refractivity contribution in [1.82, 2.24) is 19.7 Å². The topological polar surface area (TPSA) is 181 Å². The Hall–Kier alpha value is -4.67. The number of nitrogens with zero attached hydrogens (tertiary/aromatic N) is 4. The third-order valence-corrected chi connectivity index (χ3v) is 4.12. The molecular formula is C19H16N8O3. The number of anilines is 3. The Morgan fingerprint density at radius 3 is 2.57 bits per heavy atom. The lowest BCUT2D eigenvalue weighted by Crippen LogP contribution is -2.18. The van der Waals surface area contributed by atoms with Crippen LogP contribution in [0.5, 0.6) is 0 Å². The maximum absolute atomic E-state index is 12.6. The van der Waals surface area contributed by atoms with E-state index in [9.17, 15) is 9.59 Å². The number of benzene rings is 1. The normalized spacial score (nSPS) is 10.7. The molecule has 3 aromatic heterocycles. The molecular weight excluding hydrogens is 388 g/mol. The van der Waals surface area contributed by atoms with E-state index >= 15 is 0 Å². The summed E-state index contributed by atoms with van der Waals surface area (Å²) in [6, 6.07) is 10.00. The molecule has 2 amide bonds. The van der Waals surface area contributed by atoms with Crippen molar-refractivity contribution in [1.29, 1.82) is 0 Å². The third-order valence-electron chi connectivity index (χ3n) is 4.12. The van der Waals surface area contributed by atoms with Gasteiger partial charge in [-0.25, -0.2) is 14.6 Å². The zero-order chi connectivity index (χ0) is 21.3. The van der Waals surface area contributed by atoms with Crippen LogP contribution >= 0.6 is 0 Å². The van der Waals surface area contributed by atoms with Gasteiger partial charge in [-0.15, -0.1) is 0 Å². The fourth-order valence-electron chi connectivity index (χ4n) is 2.69. The zero-order valence-electron chi connectivity index (χ0n) is 15.4. The maximum atomic E-state index is 12.6. The van der Waals surface area contributed by atoms with E-state index in [2.05, 4.69) is 20.4 Å². The van der Waals surface area contributed by atoms with Crippen LogP contribution in [0, 0.1) is 0 Å². The molecule has 0 spiro atoms. The van der Waals surface area contributed by atoms with Crippen molar-refractivity contribution in [2.45, 2.75) is 0 Å². The van der Waals surface area contributed by atoms with E-state index in [1.807, 2.05) is 0 Å². The first-order valence-electron chi connectivity index (χ1n) is 8.65. The third kappa shape index (κ3) is 3.67. The van der Waals surface area contributed by atoms with Crippen LogP contribution in [0.1, 0.15) is 21.0 Å². The summed E-state index contributed by atoms with van der Waals surface area (Å²) in [5.41, 5.74) is 18.5. The van der Waals surface area contributed by atoms with Crippen molar-refractivity contribution in [2.75, 3.05) is 16.8 Å². The van der Waals surface area contributed by atoms with Crippen LogP contribution in [0.25, 0.3) is 17.1 Å². The highest BCUT2D eigenvalue weighted by molar-refractivity contribution is 6.07. The second-order valence-electron chi connectivity index (χ2n) is 6.25. The number of nitrogen functional groups attached to an aromatic ring is 2. The van der Waals surface area contributed by atoms with Gasteiger partial charge in [0.05, 0.1) is 17.6 Å². The van der Waals surface area contributed by atoms with Crippen LogP contribution in [0.3, 0.4) is 0 Å². The minimum atomic E-state index is -0.799. The summed E-state index contributed by atoms with van der Waals surface area (Å²) < 4.78 is 6.75. The highest BCUT2D eigenvalue weighted by Gasteiger charge is 2.20. The lowest BCUT2D eigenvalue weighted by Gasteiger charge is -2.01. The summed E-state index contributed by atoms with van der Waals surface area (Å²) in [6.07, 6.45) is 4.16. The number of carbonyl (C=O) groups is 2. The number of hydrogen-bond donors (Lipinski definition) is 4. The van der Waals surface area contributed by atoms with Gasteiger partial charge in [-0.2, -0.15) is 5.10 Å². The molecule has 0 aliphatic carbocycles. The number of nitrogens with one attached hydrogen (secondary N) is 1. The van der Waals surface area contributed by atoms with Gasteiger partial charge in [-0.3, -0.25) is 9.59 Å². The largest absolute Gasteiger partial charge is 0.444 e. The zero-order valence-corrected chi connectivity index (χ0v) is 15.4. The highest BCUT2D eigenvalue weighted by atomic mass is 16.3. The van der Waals surface area contributed by atoms with Crippen molar-refractivity contribution in [2.24, 2.45) is 5.73 Å². The minimum Gasteiger partial charge on any atom is -0.444 e. The Labute approximate surface area is 169 Å². The molecule has 11 heteroatoms. The molecule has 0 saturated carbocycles. The van der Waals surface area contributed by atoms with E-state index in [0.717, 1.165) is 0 Å². The summed E-state index contributed by atoms with van der Waals surface area (Å²) in [5, 5.41) is 6.72. The molecule has 0 atom stereocenters. The van der Waals surface area contributed by atoms with Gasteiger partial charge < -0.3 is 26.9 Å². The first kappa shape index (κ1) is 18.7. The molecule has 1 aromatic carbocycles. The van der Waals surface area contributed by atoms with E-state index in [4.69, 9.17) is 21.6 Å². The van der Waals surface area contributed by atoms with Crippen molar-refractivity contribution < 1.29 is 14.0 Å². The SMILES string of the molecule is NC(=O)c1nn(-c2ccc(N)cc2)cc1NC(=O)c1coc(-c2ccnc(N)c2)n1. The molecule has 4 aromatic rings. The van der Waals surface area contributed by atoms with Crippen molar-refractivity contribution in [3.63, 3.8) is 0 Å². The number of amides is 2. The van der Waals surface area contributed by atoms with E-state index < -0.39 is 11.8 Å². The van der Waals surface area contributed by atoms with Crippen LogP contribution in [-0.2, 0) is 0 Å². The molecule has 3 heterocycles. The number of aromatic nitrogens is 4. The predicted molar refractivity (Wildman–Crippen MR) is 109 cm³/mol. The molecule has 4 rings (SSSR count). The van der Waals surface area contributed by atoms with Gasteiger partial charge in [0.1, 0.15) is 12.1 Å². The summed E-state index contributed by atoms with van der Waals surface area (Å²) in [6.45, 7) is 0. The Morgan fingerprint density at radius 1 is 1.10 bits per heavy atom. The molecule has 30 heavy (non-hydrogen) atoms. The second kappa shape index (κ2) is 7.39. The van der Waals surface area contributed by atoms with Crippen LogP contribution < -0.4 is 22.5 Å². The van der Waals surface area contributed by atoms with Gasteiger partial charge in [-0.05, 0) is 36.4 Å². The first-order chi connectivity index (χ1) is 14.4. The van der Waals surface area contributed by atoms with E-state index in [1.54, 1.807) is 36.4 Å². The molecule has 11 nitrogen and oxygen atoms in total. The smallest absolute Gasteiger partial charge is 0.277 e. The average molecular weight is 404 g/mol. The minimum absolute atomic E-state index is 0.00367. The number of hydrogen-bond acceptors (Lipinski definition) is 8. The highest BCUT2D eigenvalue weighted by Crippen LogP contribution is 2.22. The van der Waals surface area contributed by atoms with E-state index in [-0.39, 0.29) is 28.8 Å². The Bertz CT molecular complexity index is 1240. The number of pyridine rings is 1. The second-order valence-corrected chi connectivity index (χ2v) is 6.25. The molecule has 7 N–H and O–H groups in total. The molecule has 150 valence electrons. The fraction of sp³-hybridized carbons (Fsp3) is 0. The summed E-state index contributed by atoms with van der Waals surface area (Å²) in [4.78, 5) is 32.4. The van der Waals surface area contributed by atoms with Gasteiger partial charge in [0.25, 0.3) is 11.8 Å². The lowest BCUT2D eigenvalue weighted by atomic mass is 10.2. The van der Waals surface area contributed by atoms with Crippen LogP contribution in [0.15, 0.2) is 59.5 Å². The van der Waals surface area contributed by atoms with Gasteiger partial charge in [-0.1, -0.05) is 0 Å². The lowest BCUT2D eigenvalue weighted by molar-refractivity contribution is 0.0996. The van der Waals surface area contributed by atoms with Gasteiger partial charge in [0.15, 0.2) is 11.4 Å². The van der Waals surface area contributed by atoms with Crippen molar-refractivity contribution >= 4 is 29.0 Å². The molecule has 0 unspecified atom stereocenters.